The molecule has 1 aliphatic rings. The van der Waals surface area contributed by atoms with E-state index in [9.17, 15) is 4.79 Å². The quantitative estimate of drug-likeness (QED) is 0.878. The van der Waals surface area contributed by atoms with Crippen molar-refractivity contribution in [1.82, 2.24) is 10.3 Å². The lowest BCUT2D eigenvalue weighted by molar-refractivity contribution is -0.116. The van der Waals surface area contributed by atoms with Crippen LogP contribution in [0, 0.1) is 0 Å². The summed E-state index contributed by atoms with van der Waals surface area (Å²) in [6.45, 7) is 1.00. The van der Waals surface area contributed by atoms with Gasteiger partial charge in [0.2, 0.25) is 11.8 Å². The van der Waals surface area contributed by atoms with Gasteiger partial charge in [-0.1, -0.05) is 11.6 Å². The molecule has 2 N–H and O–H groups in total. The summed E-state index contributed by atoms with van der Waals surface area (Å²) in [7, 11) is 0. The molecule has 1 unspecified atom stereocenters. The van der Waals surface area contributed by atoms with Gasteiger partial charge in [0, 0.05) is 30.4 Å². The Morgan fingerprint density at radius 1 is 1.30 bits per heavy atom. The van der Waals surface area contributed by atoms with Crippen LogP contribution in [0.25, 0.3) is 0 Å². The van der Waals surface area contributed by atoms with E-state index in [1.54, 1.807) is 24.3 Å². The van der Waals surface area contributed by atoms with Crippen molar-refractivity contribution in [3.8, 4) is 11.6 Å². The Morgan fingerprint density at radius 2 is 2.13 bits per heavy atom. The number of hydrogen-bond donors (Lipinski definition) is 2. The van der Waals surface area contributed by atoms with Crippen molar-refractivity contribution in [2.24, 2.45) is 0 Å². The molecule has 1 atom stereocenters. The number of carbonyl (C=O) groups is 1. The number of rotatable bonds is 5. The van der Waals surface area contributed by atoms with Crippen LogP contribution in [-0.2, 0) is 4.79 Å². The molecule has 1 amide bonds. The van der Waals surface area contributed by atoms with Gasteiger partial charge in [-0.3, -0.25) is 4.79 Å². The monoisotopic (exact) mass is 331 g/mol. The lowest BCUT2D eigenvalue weighted by Gasteiger charge is -2.11. The molecular formula is C17H18ClN3O2. The predicted octanol–water partition coefficient (Wildman–Crippen LogP) is 3.61. The number of nitrogens with one attached hydrogen (secondary N) is 2. The van der Waals surface area contributed by atoms with E-state index >= 15 is 0 Å². The highest BCUT2D eigenvalue weighted by molar-refractivity contribution is 6.30. The molecule has 0 saturated carbocycles. The second-order valence-corrected chi connectivity index (χ2v) is 5.92. The number of aromatic nitrogens is 1. The van der Waals surface area contributed by atoms with Gasteiger partial charge in [-0.05, 0) is 49.7 Å². The molecule has 0 bridgehead atoms. The van der Waals surface area contributed by atoms with E-state index in [2.05, 4.69) is 15.6 Å². The van der Waals surface area contributed by atoms with E-state index < -0.39 is 0 Å². The number of nitrogens with zero attached hydrogens (tertiary/aromatic N) is 1. The Kier molecular flexibility index (Phi) is 5.10. The third kappa shape index (κ3) is 4.68. The van der Waals surface area contributed by atoms with Crippen LogP contribution in [0.2, 0.25) is 5.02 Å². The van der Waals surface area contributed by atoms with Crippen molar-refractivity contribution in [1.29, 1.82) is 0 Å². The molecule has 1 aliphatic heterocycles. The zero-order valence-corrected chi connectivity index (χ0v) is 13.3. The van der Waals surface area contributed by atoms with Gasteiger partial charge in [0.1, 0.15) is 5.75 Å². The zero-order valence-electron chi connectivity index (χ0n) is 12.6. The van der Waals surface area contributed by atoms with Gasteiger partial charge < -0.3 is 15.4 Å². The van der Waals surface area contributed by atoms with Crippen LogP contribution < -0.4 is 15.4 Å². The van der Waals surface area contributed by atoms with Crippen molar-refractivity contribution >= 4 is 23.2 Å². The van der Waals surface area contributed by atoms with Gasteiger partial charge >= 0.3 is 0 Å². The highest BCUT2D eigenvalue weighted by atomic mass is 35.5. The molecule has 1 fully saturated rings. The van der Waals surface area contributed by atoms with E-state index in [0.29, 0.717) is 29.1 Å². The average molecular weight is 332 g/mol. The summed E-state index contributed by atoms with van der Waals surface area (Å²) in [5.74, 6) is 1.14. The Bertz CT molecular complexity index is 653. The Morgan fingerprint density at radius 3 is 2.78 bits per heavy atom. The molecule has 120 valence electrons. The smallest absolute Gasteiger partial charge is 0.225 e. The Balaban J connectivity index is 1.54. The lowest BCUT2D eigenvalue weighted by atomic mass is 10.1. The first-order chi connectivity index (χ1) is 11.2. The van der Waals surface area contributed by atoms with E-state index in [0.717, 1.165) is 25.1 Å². The third-order valence-electron chi connectivity index (χ3n) is 3.65. The first kappa shape index (κ1) is 15.8. The number of anilines is 1. The summed E-state index contributed by atoms with van der Waals surface area (Å²) in [5.41, 5.74) is 0.754. The predicted molar refractivity (Wildman–Crippen MR) is 90.0 cm³/mol. The van der Waals surface area contributed by atoms with Gasteiger partial charge in [0.05, 0.1) is 5.02 Å². The minimum atomic E-state index is 0.0254. The molecule has 6 heteroatoms. The fraction of sp³-hybridized carbons (Fsp3) is 0.294. The fourth-order valence-electron chi connectivity index (χ4n) is 2.52. The summed E-state index contributed by atoms with van der Waals surface area (Å²) in [6, 6.07) is 10.9. The molecule has 0 aliphatic carbocycles. The Hall–Kier alpha value is -2.11. The van der Waals surface area contributed by atoms with Gasteiger partial charge in [0.15, 0.2) is 0 Å². The topological polar surface area (TPSA) is 63.2 Å². The largest absolute Gasteiger partial charge is 0.439 e. The normalized spacial score (nSPS) is 17.0. The molecule has 1 saturated heterocycles. The molecule has 0 radical (unpaired) electrons. The average Bonchev–Trinajstić information content (AvgIpc) is 3.04. The number of amides is 1. The molecule has 2 aromatic rings. The molecule has 1 aromatic carbocycles. The highest BCUT2D eigenvalue weighted by Crippen LogP contribution is 2.22. The number of ether oxygens (including phenoxy) is 1. The molecule has 0 spiro atoms. The molecule has 23 heavy (non-hydrogen) atoms. The lowest BCUT2D eigenvalue weighted by Crippen LogP contribution is -2.27. The maximum absolute atomic E-state index is 12.0. The van der Waals surface area contributed by atoms with Crippen molar-refractivity contribution in [3.63, 3.8) is 0 Å². The number of pyridine rings is 1. The standard InChI is InChI=1S/C17H18ClN3O2/c18-12-3-8-17(20-11-12)23-15-6-4-13(5-7-15)21-16(22)10-14-2-1-9-19-14/h3-8,11,14,19H,1-2,9-10H2,(H,21,22). The zero-order chi connectivity index (χ0) is 16.1. The first-order valence-corrected chi connectivity index (χ1v) is 7.99. The van der Waals surface area contributed by atoms with Crippen molar-refractivity contribution < 1.29 is 9.53 Å². The van der Waals surface area contributed by atoms with Crippen LogP contribution in [-0.4, -0.2) is 23.5 Å². The maximum atomic E-state index is 12.0. The van der Waals surface area contributed by atoms with E-state index in [1.807, 2.05) is 12.1 Å². The number of benzene rings is 1. The summed E-state index contributed by atoms with van der Waals surface area (Å²) in [6.07, 6.45) is 4.24. The summed E-state index contributed by atoms with van der Waals surface area (Å²) < 4.78 is 5.61. The molecule has 5 nitrogen and oxygen atoms in total. The van der Waals surface area contributed by atoms with Gasteiger partial charge in [-0.15, -0.1) is 0 Å². The second-order valence-electron chi connectivity index (χ2n) is 5.49. The summed E-state index contributed by atoms with van der Waals surface area (Å²) >= 11 is 5.78. The third-order valence-corrected chi connectivity index (χ3v) is 3.88. The van der Waals surface area contributed by atoms with Crippen molar-refractivity contribution in [2.75, 3.05) is 11.9 Å². The van der Waals surface area contributed by atoms with Crippen LogP contribution in [0.5, 0.6) is 11.6 Å². The Labute approximate surface area is 140 Å². The van der Waals surface area contributed by atoms with Crippen LogP contribution in [0.1, 0.15) is 19.3 Å². The second kappa shape index (κ2) is 7.44. The van der Waals surface area contributed by atoms with Crippen molar-refractivity contribution in [2.45, 2.75) is 25.3 Å². The number of hydrogen-bond acceptors (Lipinski definition) is 4. The molecule has 3 rings (SSSR count). The van der Waals surface area contributed by atoms with Crippen LogP contribution in [0.3, 0.4) is 0 Å². The molecular weight excluding hydrogens is 314 g/mol. The van der Waals surface area contributed by atoms with E-state index in [4.69, 9.17) is 16.3 Å². The summed E-state index contributed by atoms with van der Waals surface area (Å²) in [4.78, 5) is 16.0. The highest BCUT2D eigenvalue weighted by Gasteiger charge is 2.17. The minimum absolute atomic E-state index is 0.0254. The van der Waals surface area contributed by atoms with Gasteiger partial charge in [-0.2, -0.15) is 0 Å². The number of carbonyl (C=O) groups excluding carboxylic acids is 1. The SMILES string of the molecule is O=C(CC1CCCN1)Nc1ccc(Oc2ccc(Cl)cn2)cc1. The van der Waals surface area contributed by atoms with E-state index in [-0.39, 0.29) is 5.91 Å². The minimum Gasteiger partial charge on any atom is -0.439 e. The summed E-state index contributed by atoms with van der Waals surface area (Å²) in [5, 5.41) is 6.78. The first-order valence-electron chi connectivity index (χ1n) is 7.62. The van der Waals surface area contributed by atoms with Crippen molar-refractivity contribution in [3.05, 3.63) is 47.6 Å². The fourth-order valence-corrected chi connectivity index (χ4v) is 2.63. The van der Waals surface area contributed by atoms with Gasteiger partial charge in [0.25, 0.3) is 0 Å². The number of halogens is 1. The van der Waals surface area contributed by atoms with Crippen LogP contribution in [0.15, 0.2) is 42.6 Å². The molecule has 1 aromatic heterocycles. The van der Waals surface area contributed by atoms with Crippen LogP contribution >= 0.6 is 11.6 Å². The molecule has 2 heterocycles. The van der Waals surface area contributed by atoms with Crippen LogP contribution in [0.4, 0.5) is 5.69 Å². The maximum Gasteiger partial charge on any atom is 0.225 e. The van der Waals surface area contributed by atoms with E-state index in [1.165, 1.54) is 6.20 Å². The van der Waals surface area contributed by atoms with Gasteiger partial charge in [-0.25, -0.2) is 4.98 Å².